The zero-order valence-corrected chi connectivity index (χ0v) is 16.7. The average molecular weight is 378 g/mol. The summed E-state index contributed by atoms with van der Waals surface area (Å²) < 4.78 is 0. The van der Waals surface area contributed by atoms with Gasteiger partial charge in [0.1, 0.15) is 0 Å². The lowest BCUT2D eigenvalue weighted by Gasteiger charge is -2.42. The van der Waals surface area contributed by atoms with Gasteiger partial charge in [-0.25, -0.2) is 0 Å². The predicted octanol–water partition coefficient (Wildman–Crippen LogP) is 4.83. The van der Waals surface area contributed by atoms with E-state index in [9.17, 15) is 9.90 Å². The first-order valence-corrected chi connectivity index (χ1v) is 10.0. The number of nitrogens with zero attached hydrogens (tertiary/aromatic N) is 1. The summed E-state index contributed by atoms with van der Waals surface area (Å²) in [6.45, 7) is 16.3. The molecule has 0 bridgehead atoms. The van der Waals surface area contributed by atoms with Gasteiger partial charge in [0, 0.05) is 36.1 Å². The van der Waals surface area contributed by atoms with Gasteiger partial charge in [0.05, 0.1) is 0 Å². The summed E-state index contributed by atoms with van der Waals surface area (Å²) in [7, 11) is 0. The molecule has 2 aliphatic rings. The van der Waals surface area contributed by atoms with Gasteiger partial charge in [-0.3, -0.25) is 4.79 Å². The molecule has 1 heterocycles. The number of aliphatic hydroxyl groups excluding tert-OH is 1. The van der Waals surface area contributed by atoms with Crippen molar-refractivity contribution in [2.24, 2.45) is 5.92 Å². The van der Waals surface area contributed by atoms with Crippen molar-refractivity contribution in [2.75, 3.05) is 18.1 Å². The summed E-state index contributed by atoms with van der Waals surface area (Å²) in [6.07, 6.45) is 11.2. The summed E-state index contributed by atoms with van der Waals surface area (Å²) in [5.41, 5.74) is 3.01. The maximum atomic E-state index is 13.0. The summed E-state index contributed by atoms with van der Waals surface area (Å²) in [5, 5.41) is 9.76. The summed E-state index contributed by atoms with van der Waals surface area (Å²) in [5.74, 6) is 0.385. The molecule has 1 aliphatic carbocycles. The topological polar surface area (TPSA) is 40.5 Å². The van der Waals surface area contributed by atoms with Gasteiger partial charge in [-0.1, -0.05) is 36.4 Å². The third-order valence-corrected chi connectivity index (χ3v) is 6.57. The molecular formula is C25H31NO2. The van der Waals surface area contributed by atoms with Crippen LogP contribution in [0.15, 0.2) is 68.8 Å². The Morgan fingerprint density at radius 2 is 1.75 bits per heavy atom. The van der Waals surface area contributed by atoms with Crippen LogP contribution in [0, 0.1) is 5.92 Å². The highest BCUT2D eigenvalue weighted by Gasteiger charge is 2.54. The molecular weight excluding hydrogens is 346 g/mol. The Kier molecular flexibility index (Phi) is 5.76. The minimum Gasteiger partial charge on any atom is -0.396 e. The SMILES string of the molecule is C=CCN1C(=O)CC(CC=C)(CC=C)c2cc(C3(CC=C)CC3CO)ccc21. The van der Waals surface area contributed by atoms with E-state index >= 15 is 0 Å². The Hall–Kier alpha value is -2.39. The number of aliphatic hydroxyl groups is 1. The van der Waals surface area contributed by atoms with Crippen LogP contribution in [0.1, 0.15) is 43.2 Å². The summed E-state index contributed by atoms with van der Waals surface area (Å²) in [4.78, 5) is 14.8. The first-order chi connectivity index (χ1) is 13.5. The second kappa shape index (κ2) is 7.92. The predicted molar refractivity (Wildman–Crippen MR) is 117 cm³/mol. The first kappa shape index (κ1) is 20.3. The molecule has 0 saturated heterocycles. The molecule has 1 amide bonds. The molecule has 1 aromatic carbocycles. The minimum atomic E-state index is -0.317. The van der Waals surface area contributed by atoms with Crippen molar-refractivity contribution in [3.8, 4) is 0 Å². The third-order valence-electron chi connectivity index (χ3n) is 6.57. The van der Waals surface area contributed by atoms with E-state index in [0.29, 0.717) is 13.0 Å². The Balaban J connectivity index is 2.18. The van der Waals surface area contributed by atoms with Crippen LogP contribution >= 0.6 is 0 Å². The maximum Gasteiger partial charge on any atom is 0.228 e. The number of hydrogen-bond donors (Lipinski definition) is 1. The van der Waals surface area contributed by atoms with E-state index in [0.717, 1.165) is 31.4 Å². The fraction of sp³-hybridized carbons (Fsp3) is 0.400. The second-order valence-corrected chi connectivity index (χ2v) is 8.20. The minimum absolute atomic E-state index is 0.0374. The lowest BCUT2D eigenvalue weighted by atomic mass is 9.68. The van der Waals surface area contributed by atoms with Crippen molar-refractivity contribution in [3.63, 3.8) is 0 Å². The van der Waals surface area contributed by atoms with E-state index in [1.54, 1.807) is 6.08 Å². The number of anilines is 1. The Morgan fingerprint density at radius 1 is 1.07 bits per heavy atom. The van der Waals surface area contributed by atoms with Crippen LogP contribution in [-0.4, -0.2) is 24.2 Å². The van der Waals surface area contributed by atoms with Gasteiger partial charge in [0.15, 0.2) is 0 Å². The van der Waals surface area contributed by atoms with Crippen LogP contribution < -0.4 is 4.90 Å². The second-order valence-electron chi connectivity index (χ2n) is 8.20. The third kappa shape index (κ3) is 3.18. The van der Waals surface area contributed by atoms with Crippen LogP contribution in [0.3, 0.4) is 0 Å². The molecule has 1 fully saturated rings. The Bertz CT molecular complexity index is 799. The van der Waals surface area contributed by atoms with Crippen molar-refractivity contribution >= 4 is 11.6 Å². The highest BCUT2D eigenvalue weighted by atomic mass is 16.3. The molecule has 1 N–H and O–H groups in total. The first-order valence-electron chi connectivity index (χ1n) is 10.0. The van der Waals surface area contributed by atoms with Crippen molar-refractivity contribution < 1.29 is 9.90 Å². The van der Waals surface area contributed by atoms with Gasteiger partial charge in [-0.15, -0.1) is 26.3 Å². The van der Waals surface area contributed by atoms with E-state index in [-0.39, 0.29) is 29.3 Å². The molecule has 3 heteroatoms. The molecule has 1 aliphatic heterocycles. The van der Waals surface area contributed by atoms with Crippen molar-refractivity contribution in [2.45, 2.75) is 42.9 Å². The highest BCUT2D eigenvalue weighted by Crippen LogP contribution is 2.58. The van der Waals surface area contributed by atoms with Crippen LogP contribution in [0.5, 0.6) is 0 Å². The number of benzene rings is 1. The van der Waals surface area contributed by atoms with Gasteiger partial charge in [-0.2, -0.15) is 0 Å². The molecule has 3 rings (SSSR count). The van der Waals surface area contributed by atoms with Gasteiger partial charge in [0.25, 0.3) is 0 Å². The molecule has 3 nitrogen and oxygen atoms in total. The molecule has 0 radical (unpaired) electrons. The number of amides is 1. The van der Waals surface area contributed by atoms with Crippen LogP contribution in [0.2, 0.25) is 0 Å². The van der Waals surface area contributed by atoms with Crippen LogP contribution in [0.4, 0.5) is 5.69 Å². The average Bonchev–Trinajstić information content (AvgIpc) is 3.40. The maximum absolute atomic E-state index is 13.0. The van der Waals surface area contributed by atoms with Gasteiger partial charge < -0.3 is 10.0 Å². The number of carbonyl (C=O) groups excluding carboxylic acids is 1. The number of hydrogen-bond acceptors (Lipinski definition) is 2. The molecule has 0 spiro atoms. The van der Waals surface area contributed by atoms with Crippen LogP contribution in [0.25, 0.3) is 0 Å². The van der Waals surface area contributed by atoms with Crippen molar-refractivity contribution in [1.82, 2.24) is 0 Å². The van der Waals surface area contributed by atoms with Crippen molar-refractivity contribution in [3.05, 3.63) is 79.9 Å². The monoisotopic (exact) mass is 377 g/mol. The van der Waals surface area contributed by atoms with Gasteiger partial charge in [0.2, 0.25) is 5.91 Å². The molecule has 1 aromatic rings. The van der Waals surface area contributed by atoms with E-state index in [1.807, 2.05) is 23.1 Å². The Morgan fingerprint density at radius 3 is 2.29 bits per heavy atom. The molecule has 0 aromatic heterocycles. The molecule has 2 atom stereocenters. The molecule has 2 unspecified atom stereocenters. The largest absolute Gasteiger partial charge is 0.396 e. The number of rotatable bonds is 10. The normalized spacial score (nSPS) is 25.0. The lowest BCUT2D eigenvalue weighted by Crippen LogP contribution is -2.44. The van der Waals surface area contributed by atoms with Crippen LogP contribution in [-0.2, 0) is 15.6 Å². The molecule has 28 heavy (non-hydrogen) atoms. The summed E-state index contributed by atoms with van der Waals surface area (Å²) in [6, 6.07) is 6.47. The quantitative estimate of drug-likeness (QED) is 0.594. The fourth-order valence-corrected chi connectivity index (χ4v) is 5.05. The van der Waals surface area contributed by atoms with E-state index in [4.69, 9.17) is 0 Å². The molecule has 1 saturated carbocycles. The number of allylic oxidation sites excluding steroid dienone is 3. The smallest absolute Gasteiger partial charge is 0.228 e. The summed E-state index contributed by atoms with van der Waals surface area (Å²) >= 11 is 0. The number of carbonyl (C=O) groups is 1. The zero-order chi connectivity index (χ0) is 20.4. The van der Waals surface area contributed by atoms with Crippen molar-refractivity contribution in [1.29, 1.82) is 0 Å². The van der Waals surface area contributed by atoms with E-state index in [2.05, 4.69) is 44.5 Å². The molecule has 148 valence electrons. The fourth-order valence-electron chi connectivity index (χ4n) is 5.05. The highest BCUT2D eigenvalue weighted by molar-refractivity contribution is 5.98. The van der Waals surface area contributed by atoms with E-state index < -0.39 is 0 Å². The standard InChI is InChI=1S/C25H31NO2/c1-5-11-24(12-6-2)17-23(28)26(14-8-4)22-10-9-19(15-21(22)24)25(13-7-3)16-20(25)18-27/h5-10,15,20,27H,1-4,11-14,16-18H2. The lowest BCUT2D eigenvalue weighted by molar-refractivity contribution is -0.120. The van der Waals surface area contributed by atoms with Gasteiger partial charge in [-0.05, 0) is 48.8 Å². The Labute approximate surface area is 168 Å². The van der Waals surface area contributed by atoms with Gasteiger partial charge >= 0.3 is 0 Å². The van der Waals surface area contributed by atoms with E-state index in [1.165, 1.54) is 11.1 Å². The zero-order valence-electron chi connectivity index (χ0n) is 16.7. The number of fused-ring (bicyclic) bond motifs is 1.